The van der Waals surface area contributed by atoms with Gasteiger partial charge in [-0.15, -0.1) is 24.0 Å². The summed E-state index contributed by atoms with van der Waals surface area (Å²) in [5, 5.41) is 3.45. The Labute approximate surface area is 156 Å². The number of piperidine rings is 1. The number of nitrogens with one attached hydrogen (secondary N) is 1. The predicted octanol–water partition coefficient (Wildman–Crippen LogP) is 3.36. The van der Waals surface area contributed by atoms with Crippen LogP contribution in [0.15, 0.2) is 27.8 Å². The summed E-state index contributed by atoms with van der Waals surface area (Å²) in [7, 11) is 1.86. The number of likely N-dealkylation sites (tertiary alicyclic amines) is 1. The Morgan fingerprint density at radius 2 is 2.13 bits per heavy atom. The summed E-state index contributed by atoms with van der Waals surface area (Å²) in [6, 6.07) is 3.81. The highest BCUT2D eigenvalue weighted by Crippen LogP contribution is 2.20. The van der Waals surface area contributed by atoms with Crippen LogP contribution in [0, 0.1) is 11.8 Å². The molecule has 1 saturated heterocycles. The third-order valence-electron chi connectivity index (χ3n) is 3.95. The van der Waals surface area contributed by atoms with Gasteiger partial charge in [0.05, 0.1) is 6.26 Å². The van der Waals surface area contributed by atoms with Gasteiger partial charge in [-0.1, -0.05) is 13.8 Å². The Balaban J connectivity index is 0.00000264. The predicted molar refractivity (Wildman–Crippen MR) is 104 cm³/mol. The summed E-state index contributed by atoms with van der Waals surface area (Å²) in [4.78, 5) is 6.79. The van der Waals surface area contributed by atoms with Crippen LogP contribution >= 0.6 is 24.0 Å². The highest BCUT2D eigenvalue weighted by molar-refractivity contribution is 14.0. The molecule has 0 bridgehead atoms. The number of furan rings is 1. The first-order chi connectivity index (χ1) is 10.7. The molecule has 1 N–H and O–H groups in total. The van der Waals surface area contributed by atoms with Crippen molar-refractivity contribution in [3.63, 3.8) is 0 Å². The molecule has 1 aliphatic rings. The SMILES string of the molecule is CN=C(NCCCOCc1ccco1)N1CC(C)CC(C)C1.I. The summed E-state index contributed by atoms with van der Waals surface area (Å²) in [5.74, 6) is 3.36. The normalized spacial score (nSPS) is 21.9. The molecule has 2 unspecified atom stereocenters. The zero-order valence-corrected chi connectivity index (χ0v) is 16.8. The molecule has 2 heterocycles. The fourth-order valence-corrected chi connectivity index (χ4v) is 3.11. The standard InChI is InChI=1S/C17H29N3O2.HI/c1-14-10-15(2)12-20(11-14)17(18-3)19-7-5-8-21-13-16-6-4-9-22-16;/h4,6,9,14-15H,5,7-8,10-13H2,1-3H3,(H,18,19);1H. The highest BCUT2D eigenvalue weighted by Gasteiger charge is 2.23. The molecule has 2 atom stereocenters. The number of hydrogen-bond donors (Lipinski definition) is 1. The molecule has 0 saturated carbocycles. The molecule has 23 heavy (non-hydrogen) atoms. The molecule has 0 aromatic carbocycles. The lowest BCUT2D eigenvalue weighted by Gasteiger charge is -2.37. The maximum Gasteiger partial charge on any atom is 0.193 e. The van der Waals surface area contributed by atoms with E-state index in [2.05, 4.69) is 29.1 Å². The van der Waals surface area contributed by atoms with E-state index < -0.39 is 0 Å². The van der Waals surface area contributed by atoms with Crippen molar-refractivity contribution in [1.82, 2.24) is 10.2 Å². The third kappa shape index (κ3) is 7.12. The summed E-state index contributed by atoms with van der Waals surface area (Å²) in [6.45, 7) is 8.97. The fourth-order valence-electron chi connectivity index (χ4n) is 3.11. The van der Waals surface area contributed by atoms with Gasteiger partial charge in [0.25, 0.3) is 0 Å². The molecule has 132 valence electrons. The summed E-state index contributed by atoms with van der Waals surface area (Å²) in [5.41, 5.74) is 0. The van der Waals surface area contributed by atoms with Crippen LogP contribution in [0.3, 0.4) is 0 Å². The smallest absolute Gasteiger partial charge is 0.193 e. The van der Waals surface area contributed by atoms with Crippen LogP contribution in [0.25, 0.3) is 0 Å². The maximum absolute atomic E-state index is 5.59. The Bertz CT molecular complexity index is 441. The van der Waals surface area contributed by atoms with E-state index in [9.17, 15) is 0 Å². The molecule has 0 spiro atoms. The second-order valence-corrected chi connectivity index (χ2v) is 6.31. The number of hydrogen-bond acceptors (Lipinski definition) is 3. The molecular weight excluding hydrogens is 405 g/mol. The summed E-state index contributed by atoms with van der Waals surface area (Å²) < 4.78 is 10.8. The molecule has 5 nitrogen and oxygen atoms in total. The van der Waals surface area contributed by atoms with Crippen LogP contribution < -0.4 is 5.32 Å². The van der Waals surface area contributed by atoms with Gasteiger partial charge in [0.2, 0.25) is 0 Å². The van der Waals surface area contributed by atoms with Crippen molar-refractivity contribution in [2.24, 2.45) is 16.8 Å². The molecular formula is C17H30IN3O2. The largest absolute Gasteiger partial charge is 0.467 e. The summed E-state index contributed by atoms with van der Waals surface area (Å²) in [6.07, 6.45) is 3.94. The topological polar surface area (TPSA) is 50.0 Å². The van der Waals surface area contributed by atoms with Crippen LogP contribution in [0.4, 0.5) is 0 Å². The van der Waals surface area contributed by atoms with E-state index in [1.54, 1.807) is 6.26 Å². The minimum absolute atomic E-state index is 0. The Morgan fingerprint density at radius 3 is 2.74 bits per heavy atom. The van der Waals surface area contributed by atoms with Crippen molar-refractivity contribution in [3.05, 3.63) is 24.2 Å². The monoisotopic (exact) mass is 435 g/mol. The van der Waals surface area contributed by atoms with Crippen LogP contribution in [-0.4, -0.2) is 44.1 Å². The van der Waals surface area contributed by atoms with Crippen molar-refractivity contribution in [2.45, 2.75) is 33.3 Å². The number of nitrogens with zero attached hydrogens (tertiary/aromatic N) is 2. The van der Waals surface area contributed by atoms with Crippen molar-refractivity contribution < 1.29 is 9.15 Å². The quantitative estimate of drug-likeness (QED) is 0.322. The minimum Gasteiger partial charge on any atom is -0.467 e. The van der Waals surface area contributed by atoms with Crippen molar-refractivity contribution in [2.75, 3.05) is 33.3 Å². The minimum atomic E-state index is 0. The third-order valence-corrected chi connectivity index (χ3v) is 3.95. The van der Waals surface area contributed by atoms with Gasteiger partial charge in [0, 0.05) is 33.3 Å². The highest BCUT2D eigenvalue weighted by atomic mass is 127. The lowest BCUT2D eigenvalue weighted by Crippen LogP contribution is -2.48. The molecule has 1 aromatic heterocycles. The van der Waals surface area contributed by atoms with Gasteiger partial charge in [-0.05, 0) is 36.8 Å². The number of rotatable bonds is 6. The molecule has 1 aliphatic heterocycles. The first-order valence-corrected chi connectivity index (χ1v) is 8.24. The molecule has 0 amide bonds. The van der Waals surface area contributed by atoms with E-state index in [0.29, 0.717) is 6.61 Å². The first kappa shape index (κ1) is 20.3. The zero-order chi connectivity index (χ0) is 15.8. The van der Waals surface area contributed by atoms with E-state index >= 15 is 0 Å². The van der Waals surface area contributed by atoms with Crippen LogP contribution in [0.2, 0.25) is 0 Å². The average molecular weight is 435 g/mol. The molecule has 1 aromatic rings. The van der Waals surface area contributed by atoms with Crippen LogP contribution in [-0.2, 0) is 11.3 Å². The number of ether oxygens (including phenoxy) is 1. The lowest BCUT2D eigenvalue weighted by atomic mass is 9.92. The van der Waals surface area contributed by atoms with Crippen LogP contribution in [0.1, 0.15) is 32.4 Å². The molecule has 2 rings (SSSR count). The van der Waals surface area contributed by atoms with Gasteiger partial charge in [-0.3, -0.25) is 4.99 Å². The van der Waals surface area contributed by atoms with E-state index in [0.717, 1.165) is 56.2 Å². The van der Waals surface area contributed by atoms with Gasteiger partial charge >= 0.3 is 0 Å². The van der Waals surface area contributed by atoms with Gasteiger partial charge in [-0.2, -0.15) is 0 Å². The molecule has 0 radical (unpaired) electrons. The van der Waals surface area contributed by atoms with Crippen molar-refractivity contribution in [1.29, 1.82) is 0 Å². The number of halogens is 1. The van der Waals surface area contributed by atoms with Gasteiger partial charge in [0.15, 0.2) is 5.96 Å². The lowest BCUT2D eigenvalue weighted by molar-refractivity contribution is 0.104. The second-order valence-electron chi connectivity index (χ2n) is 6.31. The van der Waals surface area contributed by atoms with E-state index in [4.69, 9.17) is 9.15 Å². The van der Waals surface area contributed by atoms with E-state index in [1.165, 1.54) is 6.42 Å². The molecule has 6 heteroatoms. The van der Waals surface area contributed by atoms with Crippen molar-refractivity contribution in [3.8, 4) is 0 Å². The first-order valence-electron chi connectivity index (χ1n) is 8.24. The fraction of sp³-hybridized carbons (Fsp3) is 0.706. The van der Waals surface area contributed by atoms with E-state index in [-0.39, 0.29) is 24.0 Å². The summed E-state index contributed by atoms with van der Waals surface area (Å²) >= 11 is 0. The number of aliphatic imine (C=N–C) groups is 1. The Kier molecular flexibility index (Phi) is 9.62. The van der Waals surface area contributed by atoms with Gasteiger partial charge in [-0.25, -0.2) is 0 Å². The zero-order valence-electron chi connectivity index (χ0n) is 14.5. The molecule has 1 fully saturated rings. The van der Waals surface area contributed by atoms with Crippen LogP contribution in [0.5, 0.6) is 0 Å². The Morgan fingerprint density at radius 1 is 1.39 bits per heavy atom. The van der Waals surface area contributed by atoms with Gasteiger partial charge in [0.1, 0.15) is 12.4 Å². The second kappa shape index (κ2) is 10.9. The average Bonchev–Trinajstić information content (AvgIpc) is 2.98. The molecule has 0 aliphatic carbocycles. The van der Waals surface area contributed by atoms with E-state index in [1.807, 2.05) is 19.2 Å². The number of guanidine groups is 1. The van der Waals surface area contributed by atoms with Gasteiger partial charge < -0.3 is 19.4 Å². The van der Waals surface area contributed by atoms with Crippen molar-refractivity contribution >= 4 is 29.9 Å². The Hall–Kier alpha value is -0.760. The maximum atomic E-state index is 5.59.